The van der Waals surface area contributed by atoms with E-state index in [0.29, 0.717) is 11.4 Å². The first-order valence-electron chi connectivity index (χ1n) is 13.1. The Balaban J connectivity index is 1.23. The lowest BCUT2D eigenvalue weighted by atomic mass is 9.86. The van der Waals surface area contributed by atoms with Crippen molar-refractivity contribution in [1.82, 2.24) is 21.3 Å². The molecule has 3 unspecified atom stereocenters. The quantitative estimate of drug-likeness (QED) is 0.451. The number of carbonyl (C=O) groups is 2. The number of urea groups is 1. The van der Waals surface area contributed by atoms with E-state index in [-0.39, 0.29) is 41.4 Å². The molecule has 0 spiro atoms. The van der Waals surface area contributed by atoms with E-state index in [0.717, 1.165) is 54.4 Å². The van der Waals surface area contributed by atoms with Crippen molar-refractivity contribution < 1.29 is 19.1 Å². The van der Waals surface area contributed by atoms with Crippen LogP contribution >= 0.6 is 11.8 Å². The van der Waals surface area contributed by atoms with E-state index in [9.17, 15) is 9.59 Å². The van der Waals surface area contributed by atoms with Crippen LogP contribution in [-0.2, 0) is 9.53 Å². The number of thioether (sulfide) groups is 1. The molecule has 3 amide bonds. The maximum absolute atomic E-state index is 13.6. The van der Waals surface area contributed by atoms with Crippen molar-refractivity contribution in [1.29, 1.82) is 0 Å². The summed E-state index contributed by atoms with van der Waals surface area (Å²) in [5, 5.41) is 13.2. The molecule has 4 aliphatic heterocycles. The number of methoxy groups -OCH3 is 1. The summed E-state index contributed by atoms with van der Waals surface area (Å²) in [5.74, 6) is 1.36. The second-order valence-corrected chi connectivity index (χ2v) is 11.4. The Morgan fingerprint density at radius 3 is 2.76 bits per heavy atom. The predicted octanol–water partition coefficient (Wildman–Crippen LogP) is 3.07. The van der Waals surface area contributed by atoms with Crippen LogP contribution in [0.4, 0.5) is 10.5 Å². The van der Waals surface area contributed by atoms with Gasteiger partial charge in [0.15, 0.2) is 0 Å². The summed E-state index contributed by atoms with van der Waals surface area (Å²) in [6, 6.07) is 15.2. The Labute approximate surface area is 226 Å². The topological polar surface area (TPSA) is 104 Å². The van der Waals surface area contributed by atoms with Gasteiger partial charge in [-0.15, -0.1) is 0 Å². The molecular formula is C28H33N5O4S. The van der Waals surface area contributed by atoms with Crippen LogP contribution < -0.4 is 30.9 Å². The number of hydrogen-bond acceptors (Lipinski definition) is 7. The molecule has 3 fully saturated rings. The van der Waals surface area contributed by atoms with Crippen LogP contribution in [0.5, 0.6) is 11.5 Å². The minimum Gasteiger partial charge on any atom is -0.457 e. The first-order valence-corrected chi connectivity index (χ1v) is 14.0. The van der Waals surface area contributed by atoms with Gasteiger partial charge in [0, 0.05) is 43.5 Å². The van der Waals surface area contributed by atoms with Gasteiger partial charge in [-0.2, -0.15) is 0 Å². The number of nitrogens with zero attached hydrogens (tertiary/aromatic N) is 1. The van der Waals surface area contributed by atoms with E-state index in [2.05, 4.69) is 21.3 Å². The summed E-state index contributed by atoms with van der Waals surface area (Å²) in [4.78, 5) is 29.4. The Morgan fingerprint density at radius 2 is 1.97 bits per heavy atom. The molecule has 0 aliphatic carbocycles. The van der Waals surface area contributed by atoms with Gasteiger partial charge in [0.2, 0.25) is 0 Å². The number of nitrogens with one attached hydrogen (secondary N) is 4. The molecular weight excluding hydrogens is 502 g/mol. The number of anilines is 1. The highest BCUT2D eigenvalue weighted by Crippen LogP contribution is 2.48. The largest absolute Gasteiger partial charge is 0.457 e. The molecule has 38 heavy (non-hydrogen) atoms. The van der Waals surface area contributed by atoms with Gasteiger partial charge in [-0.1, -0.05) is 30.0 Å². The average Bonchev–Trinajstić information content (AvgIpc) is 3.30. The molecule has 9 nitrogen and oxygen atoms in total. The van der Waals surface area contributed by atoms with E-state index in [1.807, 2.05) is 60.4 Å². The molecule has 4 heterocycles. The molecule has 5 atom stereocenters. The smallest absolute Gasteiger partial charge is 0.326 e. The highest BCUT2D eigenvalue weighted by molar-refractivity contribution is 8.04. The summed E-state index contributed by atoms with van der Waals surface area (Å²) in [7, 11) is 1.69. The summed E-state index contributed by atoms with van der Waals surface area (Å²) >= 11 is 1.52. The zero-order chi connectivity index (χ0) is 26.2. The summed E-state index contributed by atoms with van der Waals surface area (Å²) < 4.78 is 11.5. The third-order valence-corrected chi connectivity index (χ3v) is 9.09. The van der Waals surface area contributed by atoms with E-state index in [4.69, 9.17) is 9.47 Å². The molecule has 10 heteroatoms. The van der Waals surface area contributed by atoms with Crippen LogP contribution in [-0.4, -0.2) is 62.2 Å². The zero-order valence-electron chi connectivity index (χ0n) is 21.5. The summed E-state index contributed by atoms with van der Waals surface area (Å²) in [6.45, 7) is 4.27. The zero-order valence-corrected chi connectivity index (χ0v) is 22.3. The summed E-state index contributed by atoms with van der Waals surface area (Å²) in [5.41, 5.74) is 2.55. The van der Waals surface area contributed by atoms with Gasteiger partial charge >= 0.3 is 6.03 Å². The number of aryl methyl sites for hydroxylation is 1. The summed E-state index contributed by atoms with van der Waals surface area (Å²) in [6.07, 6.45) is 1.64. The van der Waals surface area contributed by atoms with Crippen molar-refractivity contribution in [2.45, 2.75) is 43.3 Å². The lowest BCUT2D eigenvalue weighted by Gasteiger charge is -2.46. The van der Waals surface area contributed by atoms with Crippen LogP contribution in [0.2, 0.25) is 0 Å². The van der Waals surface area contributed by atoms with Gasteiger partial charge in [-0.3, -0.25) is 9.69 Å². The molecule has 6 rings (SSSR count). The van der Waals surface area contributed by atoms with Gasteiger partial charge in [-0.25, -0.2) is 4.79 Å². The lowest BCUT2D eigenvalue weighted by Crippen LogP contribution is -2.62. The van der Waals surface area contributed by atoms with Crippen molar-refractivity contribution in [3.63, 3.8) is 0 Å². The molecule has 0 bridgehead atoms. The molecule has 3 saturated heterocycles. The number of para-hydroxylation sites is 1. The Morgan fingerprint density at radius 1 is 1.13 bits per heavy atom. The number of amides is 3. The molecule has 0 saturated carbocycles. The molecule has 0 aromatic heterocycles. The highest BCUT2D eigenvalue weighted by atomic mass is 32.2. The van der Waals surface area contributed by atoms with Gasteiger partial charge in [0.25, 0.3) is 5.91 Å². The minimum absolute atomic E-state index is 0.00282. The SMILES string of the molecule is CO[C@@H]1CNC[C@H](NC(=O)C2=C3NC(=O)N(c4ccc(Oc5ccccc5)cc4C)C4CCNC(S2)C34)C1. The fourth-order valence-corrected chi connectivity index (χ4v) is 7.33. The second kappa shape index (κ2) is 10.6. The van der Waals surface area contributed by atoms with Crippen LogP contribution in [0, 0.1) is 12.8 Å². The van der Waals surface area contributed by atoms with Crippen LogP contribution in [0.15, 0.2) is 59.1 Å². The maximum atomic E-state index is 13.6. The van der Waals surface area contributed by atoms with Gasteiger partial charge in [0.05, 0.1) is 22.4 Å². The van der Waals surface area contributed by atoms with Crippen molar-refractivity contribution in [2.75, 3.05) is 31.6 Å². The van der Waals surface area contributed by atoms with E-state index in [1.165, 1.54) is 11.8 Å². The van der Waals surface area contributed by atoms with Crippen molar-refractivity contribution >= 4 is 29.4 Å². The second-order valence-electron chi connectivity index (χ2n) is 10.2. The molecule has 2 aromatic carbocycles. The average molecular weight is 536 g/mol. The van der Waals surface area contributed by atoms with Gasteiger partial charge < -0.3 is 30.7 Å². The Hall–Kier alpha value is -3.05. The van der Waals surface area contributed by atoms with Crippen molar-refractivity contribution in [2.24, 2.45) is 5.92 Å². The first kappa shape index (κ1) is 25.2. The fourth-order valence-electron chi connectivity index (χ4n) is 5.93. The van der Waals surface area contributed by atoms with Crippen LogP contribution in [0.1, 0.15) is 18.4 Å². The number of hydrogen-bond donors (Lipinski definition) is 4. The third-order valence-electron chi connectivity index (χ3n) is 7.73. The normalized spacial score (nSPS) is 28.5. The Kier molecular flexibility index (Phi) is 7.05. The highest BCUT2D eigenvalue weighted by Gasteiger charge is 2.52. The van der Waals surface area contributed by atoms with Crippen LogP contribution in [0.3, 0.4) is 0 Å². The monoisotopic (exact) mass is 535 g/mol. The van der Waals surface area contributed by atoms with E-state index in [1.54, 1.807) is 7.11 Å². The van der Waals surface area contributed by atoms with E-state index >= 15 is 0 Å². The minimum atomic E-state index is -0.201. The number of carbonyl (C=O) groups excluding carboxylic acids is 2. The number of benzene rings is 2. The Bertz CT molecular complexity index is 1260. The fraction of sp³-hybridized carbons (Fsp3) is 0.429. The van der Waals surface area contributed by atoms with Crippen molar-refractivity contribution in [3.8, 4) is 11.5 Å². The van der Waals surface area contributed by atoms with Gasteiger partial charge in [0.1, 0.15) is 11.5 Å². The molecule has 4 aliphatic rings. The molecule has 4 N–H and O–H groups in total. The molecule has 0 radical (unpaired) electrons. The van der Waals surface area contributed by atoms with Crippen LogP contribution in [0.25, 0.3) is 0 Å². The lowest BCUT2D eigenvalue weighted by molar-refractivity contribution is -0.117. The van der Waals surface area contributed by atoms with E-state index < -0.39 is 0 Å². The van der Waals surface area contributed by atoms with Crippen molar-refractivity contribution in [3.05, 3.63) is 64.7 Å². The third kappa shape index (κ3) is 4.77. The standard InChI is InChI=1S/C28H33N5O4S/c1-16-12-19(37-18-6-4-3-5-7-18)8-9-21(16)33-22-10-11-30-27-23(22)24(32-28(33)35)25(38-27)26(34)31-17-13-20(36-2)15-29-14-17/h3-9,12,17,20,22-23,27,29-30H,10-11,13-15H2,1-2H3,(H,31,34)(H,32,35)/t17-,20+,22?,23?,27?/m1/s1. The molecule has 200 valence electrons. The number of rotatable bonds is 6. The number of piperidine rings is 2. The number of ether oxygens (including phenoxy) is 2. The maximum Gasteiger partial charge on any atom is 0.326 e. The first-order chi connectivity index (χ1) is 18.5. The molecule has 2 aromatic rings. The van der Waals surface area contributed by atoms with Gasteiger partial charge in [-0.05, 0) is 62.2 Å². The predicted molar refractivity (Wildman–Crippen MR) is 147 cm³/mol.